The Morgan fingerprint density at radius 3 is 2.23 bits per heavy atom. The lowest BCUT2D eigenvalue weighted by atomic mass is 10.1. The molecular weight excluding hydrogens is 160 g/mol. The minimum absolute atomic E-state index is 1.02. The van der Waals surface area contributed by atoms with E-state index in [1.165, 1.54) is 0 Å². The molecule has 64 valence electrons. The van der Waals surface area contributed by atoms with E-state index in [0.29, 0.717) is 0 Å². The highest BCUT2D eigenvalue weighted by molar-refractivity contribution is 5.55. The second-order valence-corrected chi connectivity index (χ2v) is 2.86. The number of nitrogens with two attached hydrogens (primary N) is 1. The molecule has 2 aromatic rings. The van der Waals surface area contributed by atoms with Crippen molar-refractivity contribution in [2.75, 3.05) is 5.84 Å². The molecule has 0 radical (unpaired) electrons. The van der Waals surface area contributed by atoms with E-state index in [-0.39, 0.29) is 0 Å². The fraction of sp³-hybridized carbons (Fsp3) is 0. The molecule has 0 fully saturated rings. The predicted octanol–water partition coefficient (Wildman–Crippen LogP) is 1.35. The molecule has 0 unspecified atom stereocenters. The molecule has 0 aliphatic carbocycles. The van der Waals surface area contributed by atoms with Crippen molar-refractivity contribution in [2.45, 2.75) is 0 Å². The van der Waals surface area contributed by atoms with Crippen molar-refractivity contribution in [3.8, 4) is 11.3 Å². The lowest BCUT2D eigenvalue weighted by Gasteiger charge is -1.96. The molecule has 2 nitrogen and oxygen atoms in total. The van der Waals surface area contributed by atoms with Crippen LogP contribution in [0.25, 0.3) is 11.3 Å². The molecular formula is C11H11N2+. The van der Waals surface area contributed by atoms with E-state index < -0.39 is 0 Å². The van der Waals surface area contributed by atoms with E-state index in [9.17, 15) is 0 Å². The third-order valence-electron chi connectivity index (χ3n) is 1.96. The first-order valence-electron chi connectivity index (χ1n) is 4.19. The van der Waals surface area contributed by atoms with Crippen LogP contribution in [0.5, 0.6) is 0 Å². The molecule has 0 aliphatic rings. The van der Waals surface area contributed by atoms with E-state index >= 15 is 0 Å². The van der Waals surface area contributed by atoms with E-state index in [1.807, 2.05) is 54.7 Å². The van der Waals surface area contributed by atoms with Gasteiger partial charge in [-0.2, -0.15) is 0 Å². The smallest absolute Gasteiger partial charge is 0.205 e. The Balaban J connectivity index is 2.54. The summed E-state index contributed by atoms with van der Waals surface area (Å²) < 4.78 is 1.62. The Kier molecular flexibility index (Phi) is 1.96. The molecule has 1 aromatic heterocycles. The molecule has 2 rings (SSSR count). The number of hydrogen-bond acceptors (Lipinski definition) is 1. The van der Waals surface area contributed by atoms with Gasteiger partial charge in [0.25, 0.3) is 0 Å². The number of nitrogen functional groups attached to an aromatic ring is 1. The van der Waals surface area contributed by atoms with Gasteiger partial charge in [0.2, 0.25) is 5.69 Å². The zero-order valence-corrected chi connectivity index (χ0v) is 7.22. The molecule has 0 spiro atoms. The summed E-state index contributed by atoms with van der Waals surface area (Å²) in [7, 11) is 0. The van der Waals surface area contributed by atoms with Crippen LogP contribution in [-0.2, 0) is 0 Å². The third-order valence-corrected chi connectivity index (χ3v) is 1.96. The molecule has 0 saturated heterocycles. The van der Waals surface area contributed by atoms with Crippen LogP contribution in [0.2, 0.25) is 0 Å². The van der Waals surface area contributed by atoms with Crippen LogP contribution in [0, 0.1) is 0 Å². The zero-order valence-electron chi connectivity index (χ0n) is 7.22. The molecule has 13 heavy (non-hydrogen) atoms. The summed E-state index contributed by atoms with van der Waals surface area (Å²) in [6, 6.07) is 16.0. The van der Waals surface area contributed by atoms with Crippen molar-refractivity contribution in [1.82, 2.24) is 0 Å². The van der Waals surface area contributed by atoms with Crippen molar-refractivity contribution in [3.05, 3.63) is 54.7 Å². The fourth-order valence-electron chi connectivity index (χ4n) is 1.31. The van der Waals surface area contributed by atoms with Crippen LogP contribution >= 0.6 is 0 Å². The summed E-state index contributed by atoms with van der Waals surface area (Å²) in [5, 5.41) is 0. The van der Waals surface area contributed by atoms with Gasteiger partial charge < -0.3 is 0 Å². The van der Waals surface area contributed by atoms with Crippen molar-refractivity contribution in [2.24, 2.45) is 0 Å². The van der Waals surface area contributed by atoms with Crippen LogP contribution in [-0.4, -0.2) is 0 Å². The zero-order chi connectivity index (χ0) is 9.10. The molecule has 1 aromatic carbocycles. The average Bonchev–Trinajstić information content (AvgIpc) is 2.20. The van der Waals surface area contributed by atoms with E-state index in [4.69, 9.17) is 5.84 Å². The Morgan fingerprint density at radius 2 is 1.54 bits per heavy atom. The van der Waals surface area contributed by atoms with Crippen molar-refractivity contribution in [1.29, 1.82) is 0 Å². The van der Waals surface area contributed by atoms with Gasteiger partial charge in [-0.25, -0.2) is 5.84 Å². The number of rotatable bonds is 1. The first kappa shape index (κ1) is 7.80. The van der Waals surface area contributed by atoms with Gasteiger partial charge in [-0.15, -0.1) is 0 Å². The largest absolute Gasteiger partial charge is 0.242 e. The van der Waals surface area contributed by atoms with Crippen LogP contribution in [0.3, 0.4) is 0 Å². The Hall–Kier alpha value is -1.83. The topological polar surface area (TPSA) is 29.9 Å². The fourth-order valence-corrected chi connectivity index (χ4v) is 1.31. The highest BCUT2D eigenvalue weighted by atomic mass is 15.3. The molecule has 0 amide bonds. The van der Waals surface area contributed by atoms with Gasteiger partial charge in [-0.05, 0) is 18.2 Å². The van der Waals surface area contributed by atoms with Gasteiger partial charge in [-0.3, -0.25) is 0 Å². The molecule has 2 N–H and O–H groups in total. The minimum Gasteiger partial charge on any atom is -0.205 e. The van der Waals surface area contributed by atoms with Gasteiger partial charge in [0.05, 0.1) is 0 Å². The quantitative estimate of drug-likeness (QED) is 0.509. The molecule has 0 saturated carbocycles. The van der Waals surface area contributed by atoms with E-state index in [1.54, 1.807) is 4.68 Å². The summed E-state index contributed by atoms with van der Waals surface area (Å²) in [5.74, 6) is 5.77. The number of benzene rings is 1. The number of hydrogen-bond donors (Lipinski definition) is 1. The van der Waals surface area contributed by atoms with E-state index in [2.05, 4.69) is 0 Å². The van der Waals surface area contributed by atoms with Gasteiger partial charge in [0.1, 0.15) is 0 Å². The highest BCUT2D eigenvalue weighted by Crippen LogP contribution is 2.12. The molecule has 0 bridgehead atoms. The summed E-state index contributed by atoms with van der Waals surface area (Å²) >= 11 is 0. The van der Waals surface area contributed by atoms with Crippen molar-refractivity contribution in [3.63, 3.8) is 0 Å². The molecule has 0 aliphatic heterocycles. The van der Waals surface area contributed by atoms with Gasteiger partial charge in [0, 0.05) is 17.7 Å². The average molecular weight is 171 g/mol. The summed E-state index contributed by atoms with van der Waals surface area (Å²) in [6.07, 6.45) is 1.84. The number of aromatic nitrogens is 1. The molecule has 2 heteroatoms. The van der Waals surface area contributed by atoms with Gasteiger partial charge in [0.15, 0.2) is 6.20 Å². The normalized spacial score (nSPS) is 9.85. The Bertz CT molecular complexity index is 396. The monoisotopic (exact) mass is 171 g/mol. The van der Waals surface area contributed by atoms with Crippen molar-refractivity contribution >= 4 is 0 Å². The Labute approximate surface area is 77.2 Å². The highest BCUT2D eigenvalue weighted by Gasteiger charge is 2.07. The second-order valence-electron chi connectivity index (χ2n) is 2.86. The first-order valence-corrected chi connectivity index (χ1v) is 4.19. The van der Waals surface area contributed by atoms with Crippen LogP contribution in [0.15, 0.2) is 54.7 Å². The SMILES string of the molecule is N[n+]1ccccc1-c1ccccc1. The summed E-state index contributed by atoms with van der Waals surface area (Å²) in [4.78, 5) is 0. The molecule has 1 heterocycles. The standard InChI is InChI=1S/C11H11N2/c12-13-9-5-4-8-11(13)10-6-2-1-3-7-10/h1-9H,12H2/q+1. The van der Waals surface area contributed by atoms with Gasteiger partial charge in [-0.1, -0.05) is 22.9 Å². The Morgan fingerprint density at radius 1 is 0.846 bits per heavy atom. The maximum absolute atomic E-state index is 5.77. The number of pyridine rings is 1. The number of nitrogens with zero attached hydrogens (tertiary/aromatic N) is 1. The second kappa shape index (κ2) is 3.27. The predicted molar refractivity (Wildman–Crippen MR) is 52.2 cm³/mol. The first-order chi connectivity index (χ1) is 6.38. The van der Waals surface area contributed by atoms with Crippen LogP contribution in [0.4, 0.5) is 0 Å². The third kappa shape index (κ3) is 1.51. The summed E-state index contributed by atoms with van der Waals surface area (Å²) in [5.41, 5.74) is 2.15. The lowest BCUT2D eigenvalue weighted by Crippen LogP contribution is -2.45. The maximum Gasteiger partial charge on any atom is 0.242 e. The van der Waals surface area contributed by atoms with Crippen LogP contribution in [0.1, 0.15) is 0 Å². The minimum atomic E-state index is 1.02. The molecule has 0 atom stereocenters. The van der Waals surface area contributed by atoms with Gasteiger partial charge >= 0.3 is 0 Å². The lowest BCUT2D eigenvalue weighted by molar-refractivity contribution is -0.627. The summed E-state index contributed by atoms with van der Waals surface area (Å²) in [6.45, 7) is 0. The van der Waals surface area contributed by atoms with Crippen molar-refractivity contribution < 1.29 is 4.68 Å². The van der Waals surface area contributed by atoms with Crippen LogP contribution < -0.4 is 10.5 Å². The maximum atomic E-state index is 5.77. The van der Waals surface area contributed by atoms with E-state index in [0.717, 1.165) is 11.3 Å².